The number of hydrogen-bond donors (Lipinski definition) is 0. The van der Waals surface area contributed by atoms with Crippen LogP contribution in [0.5, 0.6) is 0 Å². The zero-order chi connectivity index (χ0) is 15.7. The van der Waals surface area contributed by atoms with Crippen molar-refractivity contribution >= 4 is 27.5 Å². The second-order valence-corrected chi connectivity index (χ2v) is 6.58. The monoisotopic (exact) mass is 321 g/mol. The third-order valence-corrected chi connectivity index (χ3v) is 5.10. The van der Waals surface area contributed by atoms with Crippen LogP contribution in [0.2, 0.25) is 0 Å². The van der Waals surface area contributed by atoms with Crippen LogP contribution in [0.25, 0.3) is 10.2 Å². The molecule has 2 aromatic heterocycles. The molecule has 6 nitrogen and oxygen atoms in total. The van der Waals surface area contributed by atoms with Crippen molar-refractivity contribution in [1.29, 1.82) is 0 Å². The molecule has 0 atom stereocenters. The van der Waals surface area contributed by atoms with Gasteiger partial charge in [-0.2, -0.15) is 0 Å². The third-order valence-electron chi connectivity index (χ3n) is 4.20. The molecule has 1 aliphatic heterocycles. The van der Waals surface area contributed by atoms with Crippen molar-refractivity contribution in [1.82, 2.24) is 14.0 Å². The largest absolute Gasteiger partial charge is 0.341 e. The van der Waals surface area contributed by atoms with Gasteiger partial charge in [-0.25, -0.2) is 4.79 Å². The first-order valence-electron chi connectivity index (χ1n) is 7.54. The molecule has 0 aromatic carbocycles. The fourth-order valence-corrected chi connectivity index (χ4v) is 3.78. The minimum absolute atomic E-state index is 0.000185. The van der Waals surface area contributed by atoms with E-state index in [2.05, 4.69) is 0 Å². The highest BCUT2D eigenvalue weighted by atomic mass is 32.1. The van der Waals surface area contributed by atoms with Gasteiger partial charge in [0.1, 0.15) is 11.2 Å². The molecule has 2 aromatic rings. The zero-order valence-electron chi connectivity index (χ0n) is 12.6. The second kappa shape index (κ2) is 6.08. The van der Waals surface area contributed by atoms with E-state index in [0.29, 0.717) is 10.2 Å². The number of nitrogens with zero attached hydrogens (tertiary/aromatic N) is 3. The van der Waals surface area contributed by atoms with Gasteiger partial charge >= 0.3 is 5.69 Å². The van der Waals surface area contributed by atoms with Crippen LogP contribution in [0.3, 0.4) is 0 Å². The van der Waals surface area contributed by atoms with Gasteiger partial charge < -0.3 is 4.90 Å². The highest BCUT2D eigenvalue weighted by Gasteiger charge is 2.19. The van der Waals surface area contributed by atoms with Crippen molar-refractivity contribution in [3.8, 4) is 0 Å². The Labute approximate surface area is 131 Å². The van der Waals surface area contributed by atoms with Crippen LogP contribution >= 0.6 is 11.3 Å². The molecule has 0 saturated carbocycles. The normalized spacial score (nSPS) is 16.0. The van der Waals surface area contributed by atoms with Gasteiger partial charge in [-0.3, -0.25) is 18.7 Å². The van der Waals surface area contributed by atoms with Gasteiger partial charge in [-0.1, -0.05) is 12.8 Å². The van der Waals surface area contributed by atoms with Gasteiger partial charge in [-0.15, -0.1) is 11.3 Å². The average Bonchev–Trinajstić information content (AvgIpc) is 2.83. The maximum Gasteiger partial charge on any atom is 0.331 e. The summed E-state index contributed by atoms with van der Waals surface area (Å²) in [5.41, 5.74) is -0.172. The first kappa shape index (κ1) is 15.0. The number of fused-ring (bicyclic) bond motifs is 1. The number of rotatable bonds is 2. The lowest BCUT2D eigenvalue weighted by Crippen LogP contribution is -2.42. The van der Waals surface area contributed by atoms with Crippen molar-refractivity contribution in [3.05, 3.63) is 32.3 Å². The summed E-state index contributed by atoms with van der Waals surface area (Å²) in [5, 5.41) is 1.78. The van der Waals surface area contributed by atoms with Gasteiger partial charge in [0, 0.05) is 20.1 Å². The molecule has 0 radical (unpaired) electrons. The minimum Gasteiger partial charge on any atom is -0.341 e. The molecule has 1 fully saturated rings. The van der Waals surface area contributed by atoms with Crippen molar-refractivity contribution in [2.24, 2.45) is 7.05 Å². The standard InChI is InChI=1S/C15H19N3O3S/c1-16-14(20)13-11(6-9-22-13)18(15(16)21)10-12(19)17-7-4-2-3-5-8-17/h6,9H,2-5,7-8,10H2,1H3. The fourth-order valence-electron chi connectivity index (χ4n) is 2.91. The summed E-state index contributed by atoms with van der Waals surface area (Å²) in [4.78, 5) is 38.8. The molecular weight excluding hydrogens is 302 g/mol. The Morgan fingerprint density at radius 1 is 1.18 bits per heavy atom. The van der Waals surface area contributed by atoms with Crippen LogP contribution in [-0.2, 0) is 18.4 Å². The lowest BCUT2D eigenvalue weighted by Gasteiger charge is -2.21. The molecule has 3 heterocycles. The predicted molar refractivity (Wildman–Crippen MR) is 86.4 cm³/mol. The molecular formula is C15H19N3O3S. The summed E-state index contributed by atoms with van der Waals surface area (Å²) in [6.45, 7) is 1.51. The van der Waals surface area contributed by atoms with E-state index in [1.54, 1.807) is 11.4 Å². The van der Waals surface area contributed by atoms with Gasteiger partial charge in [0.25, 0.3) is 5.56 Å². The molecule has 1 amide bonds. The van der Waals surface area contributed by atoms with E-state index in [0.717, 1.165) is 43.3 Å². The molecule has 0 bridgehead atoms. The number of amides is 1. The number of carbonyl (C=O) groups is 1. The Kier molecular flexibility index (Phi) is 4.15. The minimum atomic E-state index is -0.431. The van der Waals surface area contributed by atoms with Crippen LogP contribution in [0.4, 0.5) is 0 Å². The second-order valence-electron chi connectivity index (χ2n) is 5.66. The quantitative estimate of drug-likeness (QED) is 0.834. The van der Waals surface area contributed by atoms with Crippen molar-refractivity contribution in [3.63, 3.8) is 0 Å². The summed E-state index contributed by atoms with van der Waals surface area (Å²) in [5.74, 6) is -0.0462. The zero-order valence-corrected chi connectivity index (χ0v) is 13.4. The van der Waals surface area contributed by atoms with E-state index in [1.165, 1.54) is 23.0 Å². The van der Waals surface area contributed by atoms with Crippen molar-refractivity contribution in [2.45, 2.75) is 32.2 Å². The van der Waals surface area contributed by atoms with E-state index in [-0.39, 0.29) is 18.0 Å². The van der Waals surface area contributed by atoms with E-state index < -0.39 is 5.69 Å². The molecule has 0 unspecified atom stereocenters. The first-order chi connectivity index (χ1) is 10.6. The molecule has 1 aliphatic rings. The number of aromatic nitrogens is 2. The van der Waals surface area contributed by atoms with Gasteiger partial charge in [-0.05, 0) is 24.3 Å². The fraction of sp³-hybridized carbons (Fsp3) is 0.533. The van der Waals surface area contributed by atoms with Crippen LogP contribution < -0.4 is 11.2 Å². The van der Waals surface area contributed by atoms with Crippen LogP contribution in [0, 0.1) is 0 Å². The Bertz CT molecular complexity index is 810. The lowest BCUT2D eigenvalue weighted by molar-refractivity contribution is -0.131. The maximum absolute atomic E-state index is 12.5. The summed E-state index contributed by atoms with van der Waals surface area (Å²) in [6, 6.07) is 1.73. The van der Waals surface area contributed by atoms with Gasteiger partial charge in [0.15, 0.2) is 0 Å². The number of carbonyl (C=O) groups excluding carboxylic acids is 1. The van der Waals surface area contributed by atoms with Crippen molar-refractivity contribution in [2.75, 3.05) is 13.1 Å². The molecule has 22 heavy (non-hydrogen) atoms. The van der Waals surface area contributed by atoms with Crippen LogP contribution in [0.15, 0.2) is 21.0 Å². The molecule has 7 heteroatoms. The van der Waals surface area contributed by atoms with E-state index in [4.69, 9.17) is 0 Å². The SMILES string of the molecule is Cn1c(=O)c2sccc2n(CC(=O)N2CCCCCC2)c1=O. The summed E-state index contributed by atoms with van der Waals surface area (Å²) < 4.78 is 3.01. The average molecular weight is 321 g/mol. The van der Waals surface area contributed by atoms with Crippen molar-refractivity contribution < 1.29 is 4.79 Å². The topological polar surface area (TPSA) is 64.3 Å². The number of hydrogen-bond acceptors (Lipinski definition) is 4. The smallest absolute Gasteiger partial charge is 0.331 e. The molecule has 0 N–H and O–H groups in total. The maximum atomic E-state index is 12.5. The number of likely N-dealkylation sites (tertiary alicyclic amines) is 1. The molecule has 118 valence electrons. The lowest BCUT2D eigenvalue weighted by atomic mass is 10.2. The van der Waals surface area contributed by atoms with Gasteiger partial charge in [0.2, 0.25) is 5.91 Å². The van der Waals surface area contributed by atoms with E-state index >= 15 is 0 Å². The first-order valence-corrected chi connectivity index (χ1v) is 8.42. The highest BCUT2D eigenvalue weighted by Crippen LogP contribution is 2.16. The summed E-state index contributed by atoms with van der Waals surface area (Å²) in [7, 11) is 1.46. The van der Waals surface area contributed by atoms with Crippen LogP contribution in [-0.4, -0.2) is 33.0 Å². The third kappa shape index (κ3) is 2.61. The predicted octanol–water partition coefficient (Wildman–Crippen LogP) is 1.16. The van der Waals surface area contributed by atoms with E-state index in [9.17, 15) is 14.4 Å². The highest BCUT2D eigenvalue weighted by molar-refractivity contribution is 7.17. The van der Waals surface area contributed by atoms with E-state index in [1.807, 2.05) is 4.90 Å². The molecule has 1 saturated heterocycles. The Morgan fingerprint density at radius 2 is 1.86 bits per heavy atom. The molecule has 0 spiro atoms. The Morgan fingerprint density at radius 3 is 2.55 bits per heavy atom. The molecule has 3 rings (SSSR count). The van der Waals surface area contributed by atoms with Gasteiger partial charge in [0.05, 0.1) is 5.52 Å². The number of thiophene rings is 1. The Hall–Kier alpha value is -1.89. The molecule has 0 aliphatic carbocycles. The van der Waals surface area contributed by atoms with Crippen LogP contribution in [0.1, 0.15) is 25.7 Å². The summed E-state index contributed by atoms with van der Waals surface area (Å²) >= 11 is 1.30. The summed E-state index contributed by atoms with van der Waals surface area (Å²) in [6.07, 6.45) is 4.33. The Balaban J connectivity index is 1.97.